The van der Waals surface area contributed by atoms with Crippen molar-refractivity contribution in [2.45, 2.75) is 39.3 Å². The molecule has 0 fully saturated rings. The van der Waals surface area contributed by atoms with Gasteiger partial charge in [0.2, 0.25) is 0 Å². The van der Waals surface area contributed by atoms with E-state index in [9.17, 15) is 9.59 Å². The quantitative estimate of drug-likeness (QED) is 0.486. The number of hydrogen-bond donors (Lipinski definition) is 1. The summed E-state index contributed by atoms with van der Waals surface area (Å²) in [7, 11) is 0. The summed E-state index contributed by atoms with van der Waals surface area (Å²) in [5.41, 5.74) is -0.666. The molecule has 0 saturated carbocycles. The van der Waals surface area contributed by atoms with Crippen LogP contribution < -0.4 is 10.1 Å². The smallest absolute Gasteiger partial charge is 0.408 e. The van der Waals surface area contributed by atoms with Crippen molar-refractivity contribution in [3.8, 4) is 5.75 Å². The van der Waals surface area contributed by atoms with Gasteiger partial charge in [0.25, 0.3) is 0 Å². The van der Waals surface area contributed by atoms with Gasteiger partial charge in [0.15, 0.2) is 5.75 Å². The fraction of sp³-hybridized carbons (Fsp3) is 0.429. The van der Waals surface area contributed by atoms with Crippen LogP contribution in [0.2, 0.25) is 15.1 Å². The molecule has 0 radical (unpaired) electrons. The van der Waals surface area contributed by atoms with Crippen LogP contribution in [0.4, 0.5) is 4.79 Å². The highest BCUT2D eigenvalue weighted by molar-refractivity contribution is 6.43. The zero-order valence-electron chi connectivity index (χ0n) is 12.5. The van der Waals surface area contributed by atoms with Gasteiger partial charge >= 0.3 is 12.1 Å². The number of halogens is 3. The van der Waals surface area contributed by atoms with Crippen molar-refractivity contribution in [1.29, 1.82) is 0 Å². The van der Waals surface area contributed by atoms with E-state index in [1.165, 1.54) is 19.1 Å². The van der Waals surface area contributed by atoms with Crippen LogP contribution in [0.1, 0.15) is 27.7 Å². The van der Waals surface area contributed by atoms with Crippen LogP contribution in [0, 0.1) is 0 Å². The van der Waals surface area contributed by atoms with Gasteiger partial charge in [0.1, 0.15) is 11.6 Å². The summed E-state index contributed by atoms with van der Waals surface area (Å²) in [6.07, 6.45) is -0.725. The minimum Gasteiger partial charge on any atom is -0.444 e. The Labute approximate surface area is 143 Å². The molecular weight excluding hydrogens is 353 g/mol. The van der Waals surface area contributed by atoms with Crippen LogP contribution in [0.15, 0.2) is 12.1 Å². The second kappa shape index (κ2) is 7.40. The van der Waals surface area contributed by atoms with Gasteiger partial charge in [0, 0.05) is 6.07 Å². The number of amides is 1. The lowest BCUT2D eigenvalue weighted by molar-refractivity contribution is -0.136. The van der Waals surface area contributed by atoms with Gasteiger partial charge in [-0.1, -0.05) is 34.8 Å². The third-order valence-electron chi connectivity index (χ3n) is 2.27. The van der Waals surface area contributed by atoms with E-state index in [4.69, 9.17) is 44.3 Å². The highest BCUT2D eigenvalue weighted by Crippen LogP contribution is 2.34. The molecule has 0 saturated heterocycles. The normalized spacial score (nSPS) is 12.5. The monoisotopic (exact) mass is 367 g/mol. The standard InChI is InChI=1S/C14H16Cl3NO4/c1-7(18-13(20)22-14(2,3)4)12(19)21-11-6-9(16)8(15)5-10(11)17/h5-7H,1-4H3,(H,18,20). The fourth-order valence-corrected chi connectivity index (χ4v) is 1.90. The number of carbonyl (C=O) groups excluding carboxylic acids is 2. The molecule has 122 valence electrons. The third kappa shape index (κ3) is 5.91. The van der Waals surface area contributed by atoms with Gasteiger partial charge in [-0.3, -0.25) is 0 Å². The Morgan fingerprint density at radius 2 is 1.64 bits per heavy atom. The third-order valence-corrected chi connectivity index (χ3v) is 3.29. The zero-order valence-corrected chi connectivity index (χ0v) is 14.8. The summed E-state index contributed by atoms with van der Waals surface area (Å²) in [4.78, 5) is 23.5. The van der Waals surface area contributed by atoms with Crippen LogP contribution in [-0.2, 0) is 9.53 Å². The van der Waals surface area contributed by atoms with Gasteiger partial charge < -0.3 is 14.8 Å². The maximum Gasteiger partial charge on any atom is 0.408 e. The van der Waals surface area contributed by atoms with Crippen LogP contribution in [0.5, 0.6) is 5.75 Å². The summed E-state index contributed by atoms with van der Waals surface area (Å²) in [6.45, 7) is 6.60. The minimum absolute atomic E-state index is 0.0545. The Balaban J connectivity index is 2.69. The maximum atomic E-state index is 11.9. The first kappa shape index (κ1) is 18.9. The number of ether oxygens (including phenoxy) is 2. The largest absolute Gasteiger partial charge is 0.444 e. The van der Waals surface area contributed by atoms with E-state index >= 15 is 0 Å². The summed E-state index contributed by atoms with van der Waals surface area (Å²) in [5, 5.41) is 2.93. The molecule has 1 aromatic rings. The maximum absolute atomic E-state index is 11.9. The Bertz CT molecular complexity index is 584. The molecule has 1 amide bonds. The molecule has 0 bridgehead atoms. The second-order valence-electron chi connectivity index (χ2n) is 5.49. The molecule has 8 heteroatoms. The van der Waals surface area contributed by atoms with E-state index < -0.39 is 23.7 Å². The lowest BCUT2D eigenvalue weighted by Crippen LogP contribution is -2.43. The average Bonchev–Trinajstić information content (AvgIpc) is 2.33. The molecule has 1 rings (SSSR count). The summed E-state index contributed by atoms with van der Waals surface area (Å²) in [5.74, 6) is -0.662. The first-order chi connectivity index (χ1) is 9.99. The van der Waals surface area contributed by atoms with E-state index in [2.05, 4.69) is 5.32 Å². The SMILES string of the molecule is CC(NC(=O)OC(C)(C)C)C(=O)Oc1cc(Cl)c(Cl)cc1Cl. The molecule has 0 heterocycles. The highest BCUT2D eigenvalue weighted by Gasteiger charge is 2.23. The van der Waals surface area contributed by atoms with Gasteiger partial charge in [-0.25, -0.2) is 9.59 Å². The Morgan fingerprint density at radius 1 is 1.09 bits per heavy atom. The van der Waals surface area contributed by atoms with Crippen molar-refractivity contribution in [3.05, 3.63) is 27.2 Å². The molecule has 0 aromatic heterocycles. The Hall–Kier alpha value is -1.17. The molecule has 1 unspecified atom stereocenters. The van der Waals surface area contributed by atoms with Gasteiger partial charge in [-0.2, -0.15) is 0 Å². The van der Waals surface area contributed by atoms with Crippen LogP contribution in [0.25, 0.3) is 0 Å². The topological polar surface area (TPSA) is 64.6 Å². The van der Waals surface area contributed by atoms with E-state index in [1.807, 2.05) is 0 Å². The average molecular weight is 369 g/mol. The minimum atomic E-state index is -0.930. The van der Waals surface area contributed by atoms with Crippen molar-refractivity contribution >= 4 is 46.9 Å². The first-order valence-corrected chi connectivity index (χ1v) is 7.48. The van der Waals surface area contributed by atoms with Gasteiger partial charge in [0.05, 0.1) is 15.1 Å². The predicted molar refractivity (Wildman–Crippen MR) is 85.9 cm³/mol. The molecule has 0 aliphatic heterocycles. The number of rotatable bonds is 3. The van der Waals surface area contributed by atoms with Crippen molar-refractivity contribution < 1.29 is 19.1 Å². The number of carbonyl (C=O) groups is 2. The molecule has 1 aromatic carbocycles. The molecule has 1 N–H and O–H groups in total. The molecule has 22 heavy (non-hydrogen) atoms. The summed E-state index contributed by atoms with van der Waals surface area (Å²) >= 11 is 17.5. The second-order valence-corrected chi connectivity index (χ2v) is 6.71. The van der Waals surface area contributed by atoms with E-state index in [-0.39, 0.29) is 20.8 Å². The summed E-state index contributed by atoms with van der Waals surface area (Å²) < 4.78 is 10.1. The molecular formula is C14H16Cl3NO4. The fourth-order valence-electron chi connectivity index (χ4n) is 1.32. The predicted octanol–water partition coefficient (Wildman–Crippen LogP) is 4.47. The van der Waals surface area contributed by atoms with Crippen molar-refractivity contribution in [2.75, 3.05) is 0 Å². The number of esters is 1. The van der Waals surface area contributed by atoms with Gasteiger partial charge in [-0.15, -0.1) is 0 Å². The van der Waals surface area contributed by atoms with Crippen LogP contribution >= 0.6 is 34.8 Å². The molecule has 0 aliphatic carbocycles. The van der Waals surface area contributed by atoms with Gasteiger partial charge in [-0.05, 0) is 33.8 Å². The lowest BCUT2D eigenvalue weighted by Gasteiger charge is -2.21. The Morgan fingerprint density at radius 3 is 2.18 bits per heavy atom. The summed E-state index contributed by atoms with van der Waals surface area (Å²) in [6, 6.07) is 1.75. The number of benzene rings is 1. The van der Waals surface area contributed by atoms with E-state index in [1.54, 1.807) is 20.8 Å². The molecule has 0 aliphatic rings. The zero-order chi connectivity index (χ0) is 17.1. The van der Waals surface area contributed by atoms with Crippen molar-refractivity contribution in [1.82, 2.24) is 5.32 Å². The van der Waals surface area contributed by atoms with Crippen molar-refractivity contribution in [3.63, 3.8) is 0 Å². The van der Waals surface area contributed by atoms with Crippen LogP contribution in [-0.4, -0.2) is 23.7 Å². The molecule has 5 nitrogen and oxygen atoms in total. The lowest BCUT2D eigenvalue weighted by atomic mass is 10.2. The number of nitrogens with one attached hydrogen (secondary N) is 1. The Kier molecular flexibility index (Phi) is 6.35. The van der Waals surface area contributed by atoms with E-state index in [0.717, 1.165) is 0 Å². The molecule has 1 atom stereocenters. The van der Waals surface area contributed by atoms with Crippen LogP contribution in [0.3, 0.4) is 0 Å². The number of alkyl carbamates (subject to hydrolysis) is 1. The first-order valence-electron chi connectivity index (χ1n) is 6.35. The van der Waals surface area contributed by atoms with E-state index in [0.29, 0.717) is 0 Å². The molecule has 0 spiro atoms. The highest BCUT2D eigenvalue weighted by atomic mass is 35.5. The van der Waals surface area contributed by atoms with Crippen molar-refractivity contribution in [2.24, 2.45) is 0 Å². The number of hydrogen-bond acceptors (Lipinski definition) is 4.